The van der Waals surface area contributed by atoms with E-state index in [0.717, 1.165) is 4.88 Å². The second-order valence-electron chi connectivity index (χ2n) is 5.87. The van der Waals surface area contributed by atoms with Gasteiger partial charge in [0.1, 0.15) is 6.26 Å². The van der Waals surface area contributed by atoms with E-state index in [1.54, 1.807) is 11.9 Å². The van der Waals surface area contributed by atoms with E-state index in [9.17, 15) is 13.2 Å². The smallest absolute Gasteiger partial charge is 0.236 e. The third-order valence-electron chi connectivity index (χ3n) is 3.98. The van der Waals surface area contributed by atoms with Gasteiger partial charge in [0.15, 0.2) is 9.84 Å². The van der Waals surface area contributed by atoms with Crippen LogP contribution in [-0.2, 0) is 21.2 Å². The molecule has 0 saturated carbocycles. The zero-order valence-electron chi connectivity index (χ0n) is 13.3. The Labute approximate surface area is 144 Å². The van der Waals surface area contributed by atoms with Crippen LogP contribution in [0.3, 0.4) is 0 Å². The number of carbonyl (C=O) groups excluding carboxylic acids is 1. The molecular weight excluding hydrogens is 350 g/mol. The summed E-state index contributed by atoms with van der Waals surface area (Å²) in [5, 5.41) is 4.73. The van der Waals surface area contributed by atoms with E-state index in [2.05, 4.69) is 10.3 Å². The summed E-state index contributed by atoms with van der Waals surface area (Å²) < 4.78 is 28.4. The number of carbonyl (C=O) groups is 1. The molecule has 2 aromatic heterocycles. The number of oxazole rings is 1. The maximum Gasteiger partial charge on any atom is 0.236 e. The Balaban J connectivity index is 1.47. The van der Waals surface area contributed by atoms with Gasteiger partial charge in [0, 0.05) is 6.04 Å². The maximum atomic E-state index is 12.0. The van der Waals surface area contributed by atoms with Crippen molar-refractivity contribution in [1.82, 2.24) is 15.2 Å². The van der Waals surface area contributed by atoms with E-state index in [-0.39, 0.29) is 36.5 Å². The monoisotopic (exact) mass is 369 g/mol. The second kappa shape index (κ2) is 7.04. The van der Waals surface area contributed by atoms with Crippen LogP contribution in [0.15, 0.2) is 28.2 Å². The van der Waals surface area contributed by atoms with Crippen molar-refractivity contribution in [3.05, 3.63) is 29.5 Å². The molecule has 1 N–H and O–H groups in total. The number of thiophene rings is 1. The van der Waals surface area contributed by atoms with Crippen LogP contribution in [0.2, 0.25) is 0 Å². The Morgan fingerprint density at radius 2 is 2.38 bits per heavy atom. The molecule has 1 aliphatic heterocycles. The van der Waals surface area contributed by atoms with Crippen LogP contribution in [-0.4, -0.2) is 55.3 Å². The van der Waals surface area contributed by atoms with Crippen molar-refractivity contribution in [3.63, 3.8) is 0 Å². The highest BCUT2D eigenvalue weighted by atomic mass is 32.2. The van der Waals surface area contributed by atoms with Crippen LogP contribution in [0.25, 0.3) is 10.8 Å². The summed E-state index contributed by atoms with van der Waals surface area (Å²) in [5.41, 5.74) is 0.651. The first-order valence-corrected chi connectivity index (χ1v) is 10.3. The minimum Gasteiger partial charge on any atom is -0.443 e. The number of nitrogens with zero attached hydrogens (tertiary/aromatic N) is 2. The Morgan fingerprint density at radius 1 is 1.54 bits per heavy atom. The summed E-state index contributed by atoms with van der Waals surface area (Å²) >= 11 is 1.54. The standard InChI is InChI=1S/C15H19N3O4S2/c1-18(12-4-6-24(20,21)10-12)8-14(19)16-7-11-9-22-15(17-11)13-3-2-5-23-13/h2-3,5,9,12H,4,6-8,10H2,1H3,(H,16,19). The fourth-order valence-electron chi connectivity index (χ4n) is 2.63. The number of aromatic nitrogens is 1. The molecule has 0 aromatic carbocycles. The lowest BCUT2D eigenvalue weighted by molar-refractivity contribution is -0.122. The van der Waals surface area contributed by atoms with Gasteiger partial charge < -0.3 is 9.73 Å². The van der Waals surface area contributed by atoms with E-state index < -0.39 is 9.84 Å². The first-order valence-electron chi connectivity index (χ1n) is 7.58. The molecule has 1 aliphatic rings. The number of hydrogen-bond donors (Lipinski definition) is 1. The summed E-state index contributed by atoms with van der Waals surface area (Å²) in [6, 6.07) is 3.76. The Kier molecular flexibility index (Phi) is 5.02. The lowest BCUT2D eigenvalue weighted by Gasteiger charge is -2.22. The predicted molar refractivity (Wildman–Crippen MR) is 91.4 cm³/mol. The Bertz CT molecular complexity index is 799. The fraction of sp³-hybridized carbons (Fsp3) is 0.467. The van der Waals surface area contributed by atoms with Crippen molar-refractivity contribution in [2.45, 2.75) is 19.0 Å². The molecule has 0 spiro atoms. The third kappa shape index (κ3) is 4.22. The average molecular weight is 369 g/mol. The van der Waals surface area contributed by atoms with Gasteiger partial charge in [-0.25, -0.2) is 13.4 Å². The van der Waals surface area contributed by atoms with Crippen LogP contribution in [0.1, 0.15) is 12.1 Å². The molecule has 3 rings (SSSR count). The van der Waals surface area contributed by atoms with Gasteiger partial charge in [-0.3, -0.25) is 9.69 Å². The normalized spacial score (nSPS) is 19.7. The summed E-state index contributed by atoms with van der Waals surface area (Å²) in [7, 11) is -1.17. The van der Waals surface area contributed by atoms with Gasteiger partial charge in [0.25, 0.3) is 0 Å². The maximum absolute atomic E-state index is 12.0. The molecule has 2 aromatic rings. The highest BCUT2D eigenvalue weighted by Gasteiger charge is 2.31. The quantitative estimate of drug-likeness (QED) is 0.821. The van der Waals surface area contributed by atoms with Gasteiger partial charge >= 0.3 is 0 Å². The minimum absolute atomic E-state index is 0.0850. The van der Waals surface area contributed by atoms with Gasteiger partial charge in [-0.05, 0) is 24.9 Å². The van der Waals surface area contributed by atoms with Crippen LogP contribution in [0.5, 0.6) is 0 Å². The van der Waals surface area contributed by atoms with Gasteiger partial charge in [-0.1, -0.05) is 6.07 Å². The van der Waals surface area contributed by atoms with Crippen molar-refractivity contribution in [2.24, 2.45) is 0 Å². The van der Waals surface area contributed by atoms with Crippen molar-refractivity contribution in [3.8, 4) is 10.8 Å². The van der Waals surface area contributed by atoms with Crippen molar-refractivity contribution < 1.29 is 17.6 Å². The summed E-state index contributed by atoms with van der Waals surface area (Å²) in [4.78, 5) is 19.1. The molecule has 1 unspecified atom stereocenters. The highest BCUT2D eigenvalue weighted by molar-refractivity contribution is 7.91. The van der Waals surface area contributed by atoms with Gasteiger partial charge in [0.2, 0.25) is 11.8 Å². The summed E-state index contributed by atoms with van der Waals surface area (Å²) in [5.74, 6) is 0.711. The number of hydrogen-bond acceptors (Lipinski definition) is 7. The molecule has 0 aliphatic carbocycles. The van der Waals surface area contributed by atoms with E-state index in [0.29, 0.717) is 18.0 Å². The molecule has 1 atom stereocenters. The predicted octanol–water partition coefficient (Wildman–Crippen LogP) is 1.14. The molecule has 0 bridgehead atoms. The first kappa shape index (κ1) is 17.1. The molecule has 9 heteroatoms. The zero-order chi connectivity index (χ0) is 17.2. The van der Waals surface area contributed by atoms with Crippen LogP contribution < -0.4 is 5.32 Å². The largest absolute Gasteiger partial charge is 0.443 e. The van der Waals surface area contributed by atoms with Crippen molar-refractivity contribution in [2.75, 3.05) is 25.1 Å². The average Bonchev–Trinajstić information content (AvgIpc) is 3.24. The molecule has 130 valence electrons. The van der Waals surface area contributed by atoms with Gasteiger partial charge in [0.05, 0.1) is 35.2 Å². The fourth-order valence-corrected chi connectivity index (χ4v) is 5.09. The minimum atomic E-state index is -2.95. The topological polar surface area (TPSA) is 92.5 Å². The number of sulfone groups is 1. The van der Waals surface area contributed by atoms with E-state index in [4.69, 9.17) is 4.42 Å². The highest BCUT2D eigenvalue weighted by Crippen LogP contribution is 2.23. The van der Waals surface area contributed by atoms with E-state index in [1.165, 1.54) is 17.6 Å². The van der Waals surface area contributed by atoms with Gasteiger partial charge in [-0.2, -0.15) is 0 Å². The molecule has 1 amide bonds. The lowest BCUT2D eigenvalue weighted by Crippen LogP contribution is -2.41. The van der Waals surface area contributed by atoms with Gasteiger partial charge in [-0.15, -0.1) is 11.3 Å². The molecule has 24 heavy (non-hydrogen) atoms. The number of likely N-dealkylation sites (N-methyl/N-ethyl adjacent to an activating group) is 1. The summed E-state index contributed by atoms with van der Waals surface area (Å²) in [6.45, 7) is 0.445. The number of rotatable bonds is 6. The van der Waals surface area contributed by atoms with Crippen molar-refractivity contribution >= 4 is 27.1 Å². The Morgan fingerprint density at radius 3 is 3.04 bits per heavy atom. The zero-order valence-corrected chi connectivity index (χ0v) is 14.9. The van der Waals surface area contributed by atoms with Crippen LogP contribution in [0, 0.1) is 0 Å². The molecule has 7 nitrogen and oxygen atoms in total. The number of amides is 1. The third-order valence-corrected chi connectivity index (χ3v) is 6.58. The van der Waals surface area contributed by atoms with Crippen molar-refractivity contribution in [1.29, 1.82) is 0 Å². The van der Waals surface area contributed by atoms with E-state index >= 15 is 0 Å². The second-order valence-corrected chi connectivity index (χ2v) is 9.05. The molecular formula is C15H19N3O4S2. The van der Waals surface area contributed by atoms with Crippen LogP contribution in [0.4, 0.5) is 0 Å². The first-order chi connectivity index (χ1) is 11.4. The SMILES string of the molecule is CN(CC(=O)NCc1coc(-c2cccs2)n1)C1CCS(=O)(=O)C1. The number of nitrogens with one attached hydrogen (secondary N) is 1. The molecule has 1 fully saturated rings. The van der Waals surface area contributed by atoms with E-state index in [1.807, 2.05) is 17.5 Å². The van der Waals surface area contributed by atoms with Crippen LogP contribution >= 0.6 is 11.3 Å². The Hall–Kier alpha value is -1.71. The molecule has 1 saturated heterocycles. The molecule has 3 heterocycles. The lowest BCUT2D eigenvalue weighted by atomic mass is 10.2. The summed E-state index contributed by atoms with van der Waals surface area (Å²) in [6.07, 6.45) is 2.11. The molecule has 0 radical (unpaired) electrons.